The monoisotopic (exact) mass is 552 g/mol. The highest BCUT2D eigenvalue weighted by atomic mass is 79.9. The van der Waals surface area contributed by atoms with Crippen LogP contribution in [0.15, 0.2) is 64.1 Å². The second-order valence-corrected chi connectivity index (χ2v) is 9.80. The van der Waals surface area contributed by atoms with Crippen molar-refractivity contribution in [1.82, 2.24) is 24.2 Å². The van der Waals surface area contributed by atoms with Crippen LogP contribution in [-0.4, -0.2) is 71.1 Å². The minimum atomic E-state index is -0.229. The Morgan fingerprint density at radius 2 is 1.89 bits per heavy atom. The molecule has 36 heavy (non-hydrogen) atoms. The van der Waals surface area contributed by atoms with E-state index in [4.69, 9.17) is 4.74 Å². The lowest BCUT2D eigenvalue weighted by molar-refractivity contribution is -0.121. The third-order valence-electron chi connectivity index (χ3n) is 6.63. The first-order chi connectivity index (χ1) is 17.5. The molecule has 0 saturated carbocycles. The predicted molar refractivity (Wildman–Crippen MR) is 144 cm³/mol. The summed E-state index contributed by atoms with van der Waals surface area (Å²) >= 11 is 3.44. The Balaban J connectivity index is 1.12. The first-order valence-electron chi connectivity index (χ1n) is 12.1. The summed E-state index contributed by atoms with van der Waals surface area (Å²) in [6.07, 6.45) is 4.32. The van der Waals surface area contributed by atoms with Gasteiger partial charge in [0.1, 0.15) is 17.8 Å². The fourth-order valence-electron chi connectivity index (χ4n) is 4.71. The summed E-state index contributed by atoms with van der Waals surface area (Å²) in [7, 11) is 1.68. The Morgan fingerprint density at radius 3 is 2.64 bits per heavy atom. The van der Waals surface area contributed by atoms with Crippen molar-refractivity contribution in [3.63, 3.8) is 0 Å². The Morgan fingerprint density at radius 1 is 1.11 bits per heavy atom. The fourth-order valence-corrected chi connectivity index (χ4v) is 5.02. The van der Waals surface area contributed by atoms with Gasteiger partial charge in [-0.05, 0) is 71.4 Å². The van der Waals surface area contributed by atoms with E-state index in [0.29, 0.717) is 17.7 Å². The molecule has 188 valence electrons. The number of carbonyl (C=O) groups excluding carboxylic acids is 1. The molecule has 10 heteroatoms. The third-order valence-corrected chi connectivity index (χ3v) is 7.06. The Bertz CT molecular complexity index is 1420. The van der Waals surface area contributed by atoms with E-state index in [1.807, 2.05) is 30.5 Å². The van der Waals surface area contributed by atoms with Crippen LogP contribution in [0.5, 0.6) is 5.75 Å². The molecule has 1 aliphatic rings. The van der Waals surface area contributed by atoms with Crippen molar-refractivity contribution in [3.8, 4) is 5.75 Å². The number of hydrogen-bond donors (Lipinski definition) is 1. The van der Waals surface area contributed by atoms with Gasteiger partial charge in [0.05, 0.1) is 12.6 Å². The Kier molecular flexibility index (Phi) is 7.24. The van der Waals surface area contributed by atoms with E-state index in [-0.39, 0.29) is 18.0 Å². The number of halogens is 1. The zero-order chi connectivity index (χ0) is 25.1. The number of nitrogens with zero attached hydrogens (tertiary/aromatic N) is 5. The second-order valence-electron chi connectivity index (χ2n) is 8.88. The number of carbonyl (C=O) groups is 1. The molecule has 1 aromatic carbocycles. The van der Waals surface area contributed by atoms with Gasteiger partial charge in [0.15, 0.2) is 5.65 Å². The van der Waals surface area contributed by atoms with E-state index in [2.05, 4.69) is 48.2 Å². The molecule has 0 unspecified atom stereocenters. The average molecular weight is 553 g/mol. The normalized spacial score (nSPS) is 14.4. The second kappa shape index (κ2) is 10.7. The van der Waals surface area contributed by atoms with E-state index in [9.17, 15) is 9.59 Å². The highest BCUT2D eigenvalue weighted by Gasteiger charge is 2.18. The maximum atomic E-state index is 13.0. The molecule has 1 fully saturated rings. The van der Waals surface area contributed by atoms with E-state index >= 15 is 0 Å². The maximum Gasteiger partial charge on any atom is 0.276 e. The molecule has 1 saturated heterocycles. The zero-order valence-corrected chi connectivity index (χ0v) is 21.8. The van der Waals surface area contributed by atoms with Gasteiger partial charge in [-0.2, -0.15) is 0 Å². The van der Waals surface area contributed by atoms with Crippen LogP contribution in [-0.2, 0) is 11.3 Å². The quantitative estimate of drug-likeness (QED) is 0.338. The molecule has 4 heterocycles. The van der Waals surface area contributed by atoms with Crippen molar-refractivity contribution in [2.45, 2.75) is 13.0 Å². The van der Waals surface area contributed by atoms with Crippen molar-refractivity contribution in [3.05, 3.63) is 69.7 Å². The number of nitrogens with one attached hydrogen (secondary N) is 1. The Labute approximate surface area is 217 Å². The van der Waals surface area contributed by atoms with Crippen LogP contribution in [0, 0.1) is 0 Å². The molecule has 0 bridgehead atoms. The first kappa shape index (κ1) is 24.3. The Hall–Kier alpha value is -3.37. The summed E-state index contributed by atoms with van der Waals surface area (Å²) < 4.78 is 9.30. The molecule has 5 rings (SSSR count). The lowest BCUT2D eigenvalue weighted by Gasteiger charge is -2.36. The molecule has 1 amide bonds. The van der Waals surface area contributed by atoms with Crippen LogP contribution in [0.4, 0.5) is 5.69 Å². The molecule has 9 nitrogen and oxygen atoms in total. The summed E-state index contributed by atoms with van der Waals surface area (Å²) in [5.41, 5.74) is 2.75. The lowest BCUT2D eigenvalue weighted by Crippen LogP contribution is -2.47. The topological polar surface area (TPSA) is 84.1 Å². The van der Waals surface area contributed by atoms with Crippen LogP contribution in [0.1, 0.15) is 6.42 Å². The van der Waals surface area contributed by atoms with Crippen molar-refractivity contribution in [2.24, 2.45) is 0 Å². The number of anilines is 1. The van der Waals surface area contributed by atoms with Gasteiger partial charge in [0, 0.05) is 55.3 Å². The average Bonchev–Trinajstić information content (AvgIpc) is 3.40. The summed E-state index contributed by atoms with van der Waals surface area (Å²) in [5, 5.41) is 2.97. The number of piperazine rings is 1. The zero-order valence-electron chi connectivity index (χ0n) is 20.2. The maximum absolute atomic E-state index is 13.0. The predicted octanol–water partition coefficient (Wildman–Crippen LogP) is 2.75. The molecular formula is C26H29BrN6O3. The largest absolute Gasteiger partial charge is 0.497 e. The van der Waals surface area contributed by atoms with E-state index in [1.165, 1.54) is 10.3 Å². The highest BCUT2D eigenvalue weighted by molar-refractivity contribution is 9.10. The van der Waals surface area contributed by atoms with Crippen molar-refractivity contribution in [2.75, 3.05) is 51.3 Å². The van der Waals surface area contributed by atoms with Gasteiger partial charge in [0.2, 0.25) is 5.91 Å². The molecule has 0 spiro atoms. The van der Waals surface area contributed by atoms with Gasteiger partial charge < -0.3 is 19.4 Å². The van der Waals surface area contributed by atoms with E-state index < -0.39 is 0 Å². The van der Waals surface area contributed by atoms with Gasteiger partial charge in [-0.25, -0.2) is 4.98 Å². The number of benzene rings is 1. The number of rotatable bonds is 8. The lowest BCUT2D eigenvalue weighted by atomic mass is 10.2. The van der Waals surface area contributed by atoms with E-state index in [1.54, 1.807) is 23.8 Å². The van der Waals surface area contributed by atoms with Gasteiger partial charge in [-0.1, -0.05) is 0 Å². The number of ether oxygens (including phenoxy) is 1. The van der Waals surface area contributed by atoms with Gasteiger partial charge in [0.25, 0.3) is 5.56 Å². The number of amides is 1. The van der Waals surface area contributed by atoms with E-state index in [0.717, 1.165) is 54.9 Å². The summed E-state index contributed by atoms with van der Waals surface area (Å²) in [6.45, 7) is 5.34. The summed E-state index contributed by atoms with van der Waals surface area (Å²) in [5.74, 6) is 0.676. The molecule has 4 aromatic rings. The minimum Gasteiger partial charge on any atom is -0.497 e. The fraction of sp³-hybridized carbons (Fsp3) is 0.346. The van der Waals surface area contributed by atoms with Crippen LogP contribution >= 0.6 is 15.9 Å². The minimum absolute atomic E-state index is 0.0633. The molecule has 1 aliphatic heterocycles. The first-order valence-corrected chi connectivity index (χ1v) is 12.9. The third kappa shape index (κ3) is 5.10. The van der Waals surface area contributed by atoms with Crippen LogP contribution in [0.3, 0.4) is 0 Å². The SMILES string of the molecule is COc1ccc(N2CCN(CCCNC(=O)Cn3c(=O)c4cccn4c4cc(Br)cnc43)CC2)cc1. The molecule has 0 aliphatic carbocycles. The number of aromatic nitrogens is 3. The summed E-state index contributed by atoms with van der Waals surface area (Å²) in [6, 6.07) is 13.7. The van der Waals surface area contributed by atoms with Crippen molar-refractivity contribution in [1.29, 1.82) is 0 Å². The van der Waals surface area contributed by atoms with Crippen LogP contribution < -0.4 is 20.5 Å². The smallest absolute Gasteiger partial charge is 0.276 e. The van der Waals surface area contributed by atoms with Gasteiger partial charge >= 0.3 is 0 Å². The highest BCUT2D eigenvalue weighted by Crippen LogP contribution is 2.21. The van der Waals surface area contributed by atoms with Crippen molar-refractivity contribution < 1.29 is 9.53 Å². The number of pyridine rings is 1. The molecule has 0 radical (unpaired) electrons. The molecule has 1 N–H and O–H groups in total. The number of fused-ring (bicyclic) bond motifs is 3. The number of methoxy groups -OCH3 is 1. The molecular weight excluding hydrogens is 524 g/mol. The van der Waals surface area contributed by atoms with Crippen LogP contribution in [0.25, 0.3) is 16.7 Å². The molecule has 0 atom stereocenters. The van der Waals surface area contributed by atoms with Gasteiger partial charge in [-0.3, -0.25) is 19.1 Å². The van der Waals surface area contributed by atoms with Crippen molar-refractivity contribution >= 4 is 44.2 Å². The number of hydrogen-bond acceptors (Lipinski definition) is 6. The molecule has 3 aromatic heterocycles. The van der Waals surface area contributed by atoms with Crippen LogP contribution in [0.2, 0.25) is 0 Å². The standard InChI is InChI=1S/C26H29BrN6O3/c1-36-21-7-5-20(6-8-21)31-14-12-30(13-15-31)10-3-9-28-24(34)18-33-25-23(16-19(27)17-29-25)32-11-2-4-22(32)26(33)35/h2,4-8,11,16-17H,3,9-10,12-15,18H2,1H3,(H,28,34). The summed E-state index contributed by atoms with van der Waals surface area (Å²) in [4.78, 5) is 34.9. The van der Waals surface area contributed by atoms with Gasteiger partial charge in [-0.15, -0.1) is 0 Å².